The molecule has 0 fully saturated rings. The Morgan fingerprint density at radius 2 is 1.46 bits per heavy atom. The smallest absolute Gasteiger partial charge is 0.407 e. The van der Waals surface area contributed by atoms with Crippen LogP contribution in [0.3, 0.4) is 0 Å². The van der Waals surface area contributed by atoms with Crippen LogP contribution in [-0.2, 0) is 14.3 Å². The molecule has 0 aliphatic rings. The Balaban J connectivity index is 2.35. The summed E-state index contributed by atoms with van der Waals surface area (Å²) in [5.41, 5.74) is 0.722. The summed E-state index contributed by atoms with van der Waals surface area (Å²) in [6.07, 6.45) is -0.0113. The van der Waals surface area contributed by atoms with Crippen molar-refractivity contribution < 1.29 is 19.1 Å². The zero-order valence-electron chi connectivity index (χ0n) is 14.6. The average Bonchev–Trinajstić information content (AvgIpc) is 2.47. The third-order valence-electron chi connectivity index (χ3n) is 2.79. The summed E-state index contributed by atoms with van der Waals surface area (Å²) in [5.74, 6) is -0.295. The van der Waals surface area contributed by atoms with Crippen molar-refractivity contribution in [3.8, 4) is 0 Å². The summed E-state index contributed by atoms with van der Waals surface area (Å²) >= 11 is 0. The van der Waals surface area contributed by atoms with Crippen LogP contribution in [0.5, 0.6) is 0 Å². The molecule has 1 aromatic rings. The average molecular weight is 335 g/mol. The fourth-order valence-corrected chi connectivity index (χ4v) is 1.70. The molecular formula is C17H25N3O4. The maximum atomic E-state index is 11.8. The van der Waals surface area contributed by atoms with E-state index in [9.17, 15) is 14.4 Å². The molecule has 0 spiro atoms. The van der Waals surface area contributed by atoms with E-state index in [0.29, 0.717) is 17.8 Å². The lowest BCUT2D eigenvalue weighted by Gasteiger charge is -2.19. The minimum Gasteiger partial charge on any atom is -0.444 e. The Morgan fingerprint density at radius 1 is 0.958 bits per heavy atom. The van der Waals surface area contributed by atoms with Crippen LogP contribution in [0.1, 0.15) is 40.5 Å². The maximum absolute atomic E-state index is 11.8. The predicted octanol–water partition coefficient (Wildman–Crippen LogP) is 2.89. The molecular weight excluding hydrogens is 310 g/mol. The Labute approximate surface area is 142 Å². The van der Waals surface area contributed by atoms with Gasteiger partial charge in [-0.15, -0.1) is 0 Å². The van der Waals surface area contributed by atoms with Crippen LogP contribution in [0, 0.1) is 0 Å². The third kappa shape index (κ3) is 8.17. The molecule has 0 aliphatic carbocycles. The highest BCUT2D eigenvalue weighted by Crippen LogP contribution is 2.14. The molecule has 3 amide bonds. The summed E-state index contributed by atoms with van der Waals surface area (Å²) in [5, 5.41) is 7.96. The lowest BCUT2D eigenvalue weighted by Crippen LogP contribution is -2.34. The second-order valence-electron chi connectivity index (χ2n) is 6.21. The number of ether oxygens (including phenoxy) is 1. The van der Waals surface area contributed by atoms with E-state index in [2.05, 4.69) is 16.0 Å². The molecule has 1 rings (SSSR count). The lowest BCUT2D eigenvalue weighted by molar-refractivity contribution is -0.116. The van der Waals surface area contributed by atoms with Gasteiger partial charge in [0.1, 0.15) is 5.60 Å². The second kappa shape index (κ2) is 8.90. The van der Waals surface area contributed by atoms with Gasteiger partial charge in [0.25, 0.3) is 0 Å². The summed E-state index contributed by atoms with van der Waals surface area (Å²) in [6, 6.07) is 6.82. The van der Waals surface area contributed by atoms with Gasteiger partial charge in [-0.1, -0.05) is 6.92 Å². The zero-order valence-corrected chi connectivity index (χ0v) is 14.6. The van der Waals surface area contributed by atoms with Gasteiger partial charge in [-0.3, -0.25) is 9.59 Å². The summed E-state index contributed by atoms with van der Waals surface area (Å²) in [6.45, 7) is 7.27. The monoisotopic (exact) mass is 335 g/mol. The minimum atomic E-state index is -0.568. The summed E-state index contributed by atoms with van der Waals surface area (Å²) in [7, 11) is 0. The fourth-order valence-electron chi connectivity index (χ4n) is 1.70. The van der Waals surface area contributed by atoms with Crippen molar-refractivity contribution in [1.29, 1.82) is 0 Å². The van der Waals surface area contributed by atoms with E-state index in [1.807, 2.05) is 0 Å². The molecule has 0 bridgehead atoms. The van der Waals surface area contributed by atoms with Crippen molar-refractivity contribution in [2.75, 3.05) is 17.2 Å². The number of anilines is 2. The molecule has 7 heteroatoms. The predicted molar refractivity (Wildman–Crippen MR) is 92.8 cm³/mol. The second-order valence-corrected chi connectivity index (χ2v) is 6.21. The number of hydrogen-bond donors (Lipinski definition) is 3. The lowest BCUT2D eigenvalue weighted by atomic mass is 10.2. The number of hydrogen-bond acceptors (Lipinski definition) is 4. The van der Waals surface area contributed by atoms with Crippen LogP contribution >= 0.6 is 0 Å². The number of rotatable bonds is 6. The van der Waals surface area contributed by atoms with Gasteiger partial charge in [0.2, 0.25) is 11.8 Å². The first-order valence-electron chi connectivity index (χ1n) is 7.86. The maximum Gasteiger partial charge on any atom is 0.407 e. The largest absolute Gasteiger partial charge is 0.444 e. The molecule has 0 atom stereocenters. The number of carbonyl (C=O) groups is 3. The third-order valence-corrected chi connectivity index (χ3v) is 2.79. The van der Waals surface area contributed by atoms with Crippen molar-refractivity contribution in [3.05, 3.63) is 24.3 Å². The van der Waals surface area contributed by atoms with Crippen molar-refractivity contribution >= 4 is 29.3 Å². The van der Waals surface area contributed by atoms with Crippen LogP contribution in [0.25, 0.3) is 0 Å². The van der Waals surface area contributed by atoms with Crippen LogP contribution in [0.4, 0.5) is 16.2 Å². The fraction of sp³-hybridized carbons (Fsp3) is 0.471. The minimum absolute atomic E-state index is 0.0694. The first-order valence-corrected chi connectivity index (χ1v) is 7.86. The van der Waals surface area contributed by atoms with Crippen LogP contribution < -0.4 is 16.0 Å². The molecule has 1 aromatic carbocycles. The quantitative estimate of drug-likeness (QED) is 0.744. The van der Waals surface area contributed by atoms with Gasteiger partial charge in [0.15, 0.2) is 0 Å². The number of nitrogens with one attached hydrogen (secondary N) is 3. The zero-order chi connectivity index (χ0) is 18.2. The van der Waals surface area contributed by atoms with Gasteiger partial charge in [-0.05, 0) is 45.0 Å². The molecule has 0 saturated heterocycles. The van der Waals surface area contributed by atoms with Crippen LogP contribution in [0.2, 0.25) is 0 Å². The number of alkyl carbamates (subject to hydrolysis) is 1. The van der Waals surface area contributed by atoms with Gasteiger partial charge in [-0.2, -0.15) is 0 Å². The Bertz CT molecular complexity index is 576. The number of carbonyl (C=O) groups excluding carboxylic acids is 3. The van der Waals surface area contributed by atoms with E-state index >= 15 is 0 Å². The van der Waals surface area contributed by atoms with Crippen molar-refractivity contribution in [2.24, 2.45) is 0 Å². The first kappa shape index (κ1) is 19.5. The number of benzene rings is 1. The van der Waals surface area contributed by atoms with Gasteiger partial charge < -0.3 is 20.7 Å². The number of amides is 3. The molecule has 0 aromatic heterocycles. The Kier molecular flexibility index (Phi) is 7.23. The van der Waals surface area contributed by atoms with E-state index in [-0.39, 0.29) is 24.8 Å². The topological polar surface area (TPSA) is 96.5 Å². The first-order chi connectivity index (χ1) is 11.2. The van der Waals surface area contributed by atoms with E-state index in [0.717, 1.165) is 0 Å². The Hall–Kier alpha value is -2.57. The van der Waals surface area contributed by atoms with Crippen molar-refractivity contribution in [2.45, 2.75) is 46.1 Å². The van der Waals surface area contributed by atoms with Gasteiger partial charge in [0.05, 0.1) is 0 Å². The molecule has 132 valence electrons. The highest BCUT2D eigenvalue weighted by atomic mass is 16.6. The molecule has 0 aliphatic heterocycles. The molecule has 0 unspecified atom stereocenters. The van der Waals surface area contributed by atoms with Gasteiger partial charge in [0, 0.05) is 30.8 Å². The van der Waals surface area contributed by atoms with E-state index in [1.165, 1.54) is 0 Å². The Morgan fingerprint density at radius 3 is 1.92 bits per heavy atom. The molecule has 3 N–H and O–H groups in total. The van der Waals surface area contributed by atoms with Crippen molar-refractivity contribution in [1.82, 2.24) is 5.32 Å². The van der Waals surface area contributed by atoms with Gasteiger partial charge in [-0.25, -0.2) is 4.79 Å². The van der Waals surface area contributed by atoms with Crippen LogP contribution in [-0.4, -0.2) is 30.1 Å². The summed E-state index contributed by atoms with van der Waals surface area (Å²) < 4.78 is 5.08. The van der Waals surface area contributed by atoms with E-state index in [1.54, 1.807) is 52.0 Å². The van der Waals surface area contributed by atoms with Crippen molar-refractivity contribution in [3.63, 3.8) is 0 Å². The molecule has 0 radical (unpaired) electrons. The van der Waals surface area contributed by atoms with E-state index < -0.39 is 11.7 Å². The summed E-state index contributed by atoms with van der Waals surface area (Å²) in [4.78, 5) is 34.5. The molecule has 0 saturated carbocycles. The SMILES string of the molecule is CCC(=O)Nc1ccc(NC(=O)CCNC(=O)OC(C)(C)C)cc1. The standard InChI is InChI=1S/C17H25N3O4/c1-5-14(21)19-12-6-8-13(9-7-12)20-15(22)10-11-18-16(23)24-17(2,3)4/h6-9H,5,10-11H2,1-4H3,(H,18,23)(H,19,21)(H,20,22). The normalized spacial score (nSPS) is 10.7. The highest BCUT2D eigenvalue weighted by molar-refractivity contribution is 5.93. The van der Waals surface area contributed by atoms with Gasteiger partial charge >= 0.3 is 6.09 Å². The molecule has 24 heavy (non-hydrogen) atoms. The highest BCUT2D eigenvalue weighted by Gasteiger charge is 2.15. The molecule has 0 heterocycles. The molecule has 7 nitrogen and oxygen atoms in total. The van der Waals surface area contributed by atoms with E-state index in [4.69, 9.17) is 4.74 Å². The van der Waals surface area contributed by atoms with Crippen LogP contribution in [0.15, 0.2) is 24.3 Å².